The Labute approximate surface area is 86.8 Å². The molecule has 0 saturated heterocycles. The van der Waals surface area contributed by atoms with Gasteiger partial charge < -0.3 is 0 Å². The van der Waals surface area contributed by atoms with Gasteiger partial charge in [0, 0.05) is 18.0 Å². The smallest absolute Gasteiger partial charge is 0.272 e. The summed E-state index contributed by atoms with van der Waals surface area (Å²) in [7, 11) is 0. The summed E-state index contributed by atoms with van der Waals surface area (Å²) in [6.07, 6.45) is 3.44. The van der Waals surface area contributed by atoms with Gasteiger partial charge in [-0.1, -0.05) is 13.3 Å². The second kappa shape index (κ2) is 4.08. The fourth-order valence-corrected chi connectivity index (χ4v) is 1.42. The lowest BCUT2D eigenvalue weighted by atomic mass is 10.3. The molecule has 1 N–H and O–H groups in total. The van der Waals surface area contributed by atoms with Crippen LogP contribution in [-0.2, 0) is 6.42 Å². The summed E-state index contributed by atoms with van der Waals surface area (Å²) >= 11 is 0. The fraction of sp³-hybridized carbons (Fsp3) is 0.300. The standard InChI is InChI=1S/C10H12N4O/c1-2-4-8-7-10(15)14(13-8)9-5-3-6-11-12-9/h3,5-7,13H,2,4H2,1H3. The predicted octanol–water partition coefficient (Wildman–Crippen LogP) is 0.908. The van der Waals surface area contributed by atoms with Crippen molar-refractivity contribution >= 4 is 0 Å². The monoisotopic (exact) mass is 204 g/mol. The third kappa shape index (κ3) is 1.96. The molecule has 0 fully saturated rings. The lowest BCUT2D eigenvalue weighted by Gasteiger charge is -1.98. The maximum atomic E-state index is 11.6. The van der Waals surface area contributed by atoms with Crippen molar-refractivity contribution < 1.29 is 0 Å². The van der Waals surface area contributed by atoms with Crippen LogP contribution < -0.4 is 5.56 Å². The minimum absolute atomic E-state index is 0.0982. The van der Waals surface area contributed by atoms with Gasteiger partial charge in [-0.2, -0.15) is 9.78 Å². The van der Waals surface area contributed by atoms with Crippen molar-refractivity contribution in [3.63, 3.8) is 0 Å². The molecule has 5 nitrogen and oxygen atoms in total. The summed E-state index contributed by atoms with van der Waals surface area (Å²) in [5.74, 6) is 0.518. The first-order chi connectivity index (χ1) is 7.31. The lowest BCUT2D eigenvalue weighted by Crippen LogP contribution is -2.15. The minimum Gasteiger partial charge on any atom is -0.294 e. The number of rotatable bonds is 3. The lowest BCUT2D eigenvalue weighted by molar-refractivity contribution is 0.759. The molecule has 2 aromatic rings. The highest BCUT2D eigenvalue weighted by Gasteiger charge is 2.04. The van der Waals surface area contributed by atoms with E-state index < -0.39 is 0 Å². The molecule has 0 bridgehead atoms. The zero-order valence-corrected chi connectivity index (χ0v) is 8.47. The molecule has 2 rings (SSSR count). The van der Waals surface area contributed by atoms with E-state index in [1.54, 1.807) is 24.4 Å². The van der Waals surface area contributed by atoms with Crippen LogP contribution >= 0.6 is 0 Å². The molecular formula is C10H12N4O. The average molecular weight is 204 g/mol. The van der Waals surface area contributed by atoms with Gasteiger partial charge in [-0.15, -0.1) is 5.10 Å². The van der Waals surface area contributed by atoms with Gasteiger partial charge in [-0.25, -0.2) is 0 Å². The van der Waals surface area contributed by atoms with Crippen molar-refractivity contribution in [1.29, 1.82) is 0 Å². The van der Waals surface area contributed by atoms with Crippen LogP contribution in [0.25, 0.3) is 5.82 Å². The van der Waals surface area contributed by atoms with Crippen molar-refractivity contribution in [2.75, 3.05) is 0 Å². The van der Waals surface area contributed by atoms with Crippen molar-refractivity contribution in [2.24, 2.45) is 0 Å². The van der Waals surface area contributed by atoms with E-state index >= 15 is 0 Å². The number of hydrogen-bond acceptors (Lipinski definition) is 3. The molecule has 0 radical (unpaired) electrons. The number of nitrogens with one attached hydrogen (secondary N) is 1. The van der Waals surface area contributed by atoms with Crippen molar-refractivity contribution in [2.45, 2.75) is 19.8 Å². The molecule has 0 aromatic carbocycles. The third-order valence-corrected chi connectivity index (χ3v) is 2.08. The van der Waals surface area contributed by atoms with Gasteiger partial charge in [-0.05, 0) is 18.6 Å². The highest BCUT2D eigenvalue weighted by molar-refractivity contribution is 5.19. The summed E-state index contributed by atoms with van der Waals surface area (Å²) in [5.41, 5.74) is 0.826. The topological polar surface area (TPSA) is 63.6 Å². The van der Waals surface area contributed by atoms with E-state index in [-0.39, 0.29) is 5.56 Å². The Morgan fingerprint density at radius 1 is 1.53 bits per heavy atom. The number of aromatic amines is 1. The van der Waals surface area contributed by atoms with Gasteiger partial charge in [-0.3, -0.25) is 9.89 Å². The molecule has 0 aliphatic rings. The first-order valence-corrected chi connectivity index (χ1v) is 4.90. The van der Waals surface area contributed by atoms with E-state index in [1.165, 1.54) is 4.68 Å². The van der Waals surface area contributed by atoms with Crippen LogP contribution in [0.3, 0.4) is 0 Å². The summed E-state index contributed by atoms with van der Waals surface area (Å²) in [5, 5.41) is 10.6. The zero-order valence-electron chi connectivity index (χ0n) is 8.47. The fourth-order valence-electron chi connectivity index (χ4n) is 1.42. The highest BCUT2D eigenvalue weighted by atomic mass is 16.1. The van der Waals surface area contributed by atoms with Gasteiger partial charge in [0.05, 0.1) is 0 Å². The van der Waals surface area contributed by atoms with Crippen molar-refractivity contribution in [3.05, 3.63) is 40.4 Å². The van der Waals surface area contributed by atoms with Crippen LogP contribution in [0.2, 0.25) is 0 Å². The minimum atomic E-state index is -0.0982. The van der Waals surface area contributed by atoms with Crippen LogP contribution in [0.5, 0.6) is 0 Å². The largest absolute Gasteiger partial charge is 0.294 e. The van der Waals surface area contributed by atoms with Crippen LogP contribution in [0.4, 0.5) is 0 Å². The Morgan fingerprint density at radius 3 is 3.07 bits per heavy atom. The molecule has 5 heteroatoms. The zero-order chi connectivity index (χ0) is 10.7. The number of aryl methyl sites for hydroxylation is 1. The Hall–Kier alpha value is -1.91. The quantitative estimate of drug-likeness (QED) is 0.808. The summed E-state index contributed by atoms with van der Waals surface area (Å²) in [4.78, 5) is 11.6. The van der Waals surface area contributed by atoms with Crippen molar-refractivity contribution in [3.8, 4) is 5.82 Å². The molecule has 0 aliphatic carbocycles. The number of aromatic nitrogens is 4. The Bertz CT molecular complexity index is 486. The van der Waals surface area contributed by atoms with E-state index in [0.29, 0.717) is 5.82 Å². The third-order valence-electron chi connectivity index (χ3n) is 2.08. The number of hydrogen-bond donors (Lipinski definition) is 1. The van der Waals surface area contributed by atoms with Gasteiger partial charge in [0.25, 0.3) is 5.56 Å². The second-order valence-electron chi connectivity index (χ2n) is 3.29. The molecule has 0 atom stereocenters. The predicted molar refractivity (Wildman–Crippen MR) is 56.0 cm³/mol. The van der Waals surface area contributed by atoms with Crippen LogP contribution in [-0.4, -0.2) is 20.0 Å². The van der Waals surface area contributed by atoms with Gasteiger partial charge in [0.2, 0.25) is 0 Å². The van der Waals surface area contributed by atoms with Crippen molar-refractivity contribution in [1.82, 2.24) is 20.0 Å². The summed E-state index contributed by atoms with van der Waals surface area (Å²) < 4.78 is 1.40. The normalized spacial score (nSPS) is 10.5. The highest BCUT2D eigenvalue weighted by Crippen LogP contribution is 2.00. The van der Waals surface area contributed by atoms with Crippen LogP contribution in [0.1, 0.15) is 19.0 Å². The average Bonchev–Trinajstić information content (AvgIpc) is 2.61. The Kier molecular flexibility index (Phi) is 2.62. The SMILES string of the molecule is CCCc1cc(=O)n(-c2cccnn2)[nH]1. The van der Waals surface area contributed by atoms with Gasteiger partial charge >= 0.3 is 0 Å². The molecule has 78 valence electrons. The number of nitrogens with zero attached hydrogens (tertiary/aromatic N) is 3. The Morgan fingerprint density at radius 2 is 2.40 bits per heavy atom. The molecule has 0 unspecified atom stereocenters. The molecule has 0 amide bonds. The molecule has 15 heavy (non-hydrogen) atoms. The van der Waals surface area contributed by atoms with Crippen LogP contribution in [0, 0.1) is 0 Å². The maximum absolute atomic E-state index is 11.6. The van der Waals surface area contributed by atoms with Gasteiger partial charge in [0.1, 0.15) is 0 Å². The Balaban J connectivity index is 2.41. The first kappa shape index (κ1) is 9.64. The van der Waals surface area contributed by atoms with E-state index in [2.05, 4.69) is 22.2 Å². The van der Waals surface area contributed by atoms with E-state index in [1.807, 2.05) is 0 Å². The molecule has 2 aromatic heterocycles. The van der Waals surface area contributed by atoms with Gasteiger partial charge in [0.15, 0.2) is 5.82 Å². The molecule has 0 saturated carbocycles. The summed E-state index contributed by atoms with van der Waals surface area (Å²) in [6.45, 7) is 2.07. The first-order valence-electron chi connectivity index (χ1n) is 4.90. The van der Waals surface area contributed by atoms with E-state index in [0.717, 1.165) is 18.5 Å². The molecular weight excluding hydrogens is 192 g/mol. The molecule has 0 spiro atoms. The number of H-pyrrole nitrogens is 1. The van der Waals surface area contributed by atoms with E-state index in [4.69, 9.17) is 0 Å². The molecule has 2 heterocycles. The molecule has 0 aliphatic heterocycles. The van der Waals surface area contributed by atoms with E-state index in [9.17, 15) is 4.79 Å². The van der Waals surface area contributed by atoms with Crippen LogP contribution in [0.15, 0.2) is 29.2 Å². The maximum Gasteiger partial charge on any atom is 0.272 e. The second-order valence-corrected chi connectivity index (χ2v) is 3.29. The summed E-state index contributed by atoms with van der Waals surface area (Å²) in [6, 6.07) is 5.08.